The van der Waals surface area contributed by atoms with Gasteiger partial charge in [-0.3, -0.25) is 4.98 Å². The maximum Gasteiger partial charge on any atom is 0.173 e. The molecule has 0 bridgehead atoms. The van der Waals surface area contributed by atoms with E-state index in [0.29, 0.717) is 22.9 Å². The Morgan fingerprint density at radius 3 is 2.71 bits per heavy atom. The Kier molecular flexibility index (Phi) is 7.71. The van der Waals surface area contributed by atoms with Crippen LogP contribution in [0.3, 0.4) is 0 Å². The fourth-order valence-electron chi connectivity index (χ4n) is 3.26. The summed E-state index contributed by atoms with van der Waals surface area (Å²) in [5, 5.41) is 3.80. The molecule has 7 heteroatoms. The number of anilines is 1. The molecule has 1 aliphatic heterocycles. The van der Waals surface area contributed by atoms with E-state index in [2.05, 4.69) is 15.2 Å². The summed E-state index contributed by atoms with van der Waals surface area (Å²) >= 11 is 5.65. The number of pyridine rings is 1. The normalized spacial score (nSPS) is 14.6. The van der Waals surface area contributed by atoms with Crippen molar-refractivity contribution in [1.29, 1.82) is 0 Å². The van der Waals surface area contributed by atoms with Crippen LogP contribution >= 0.6 is 12.2 Å². The molecule has 5 nitrogen and oxygen atoms in total. The molecular weight excluding hydrogens is 375 g/mol. The number of nitrogens with one attached hydrogen (secondary N) is 2. The molecular formula is C21H28FN4OS+. The molecule has 1 aromatic heterocycles. The Hall–Kier alpha value is -2.09. The highest BCUT2D eigenvalue weighted by atomic mass is 32.1. The van der Waals surface area contributed by atoms with Crippen molar-refractivity contribution in [2.45, 2.75) is 19.9 Å². The number of halogens is 1. The van der Waals surface area contributed by atoms with Gasteiger partial charge in [-0.2, -0.15) is 0 Å². The molecule has 150 valence electrons. The van der Waals surface area contributed by atoms with Crippen molar-refractivity contribution in [2.24, 2.45) is 0 Å². The number of ether oxygens (including phenoxy) is 1. The van der Waals surface area contributed by atoms with Gasteiger partial charge in [-0.05, 0) is 54.5 Å². The highest BCUT2D eigenvalue weighted by molar-refractivity contribution is 7.80. The van der Waals surface area contributed by atoms with Gasteiger partial charge in [0.2, 0.25) is 0 Å². The minimum Gasteiger partial charge on any atom is -0.370 e. The number of morpholine rings is 1. The summed E-state index contributed by atoms with van der Waals surface area (Å²) in [5.41, 5.74) is 2.44. The zero-order valence-corrected chi connectivity index (χ0v) is 17.1. The minimum atomic E-state index is -0.232. The molecule has 2 heterocycles. The van der Waals surface area contributed by atoms with Gasteiger partial charge in [0.1, 0.15) is 18.9 Å². The Labute approximate surface area is 171 Å². The maximum absolute atomic E-state index is 13.9. The van der Waals surface area contributed by atoms with Gasteiger partial charge < -0.3 is 19.9 Å². The van der Waals surface area contributed by atoms with Crippen LogP contribution in [0.4, 0.5) is 10.1 Å². The van der Waals surface area contributed by atoms with Crippen LogP contribution in [-0.4, -0.2) is 54.4 Å². The highest BCUT2D eigenvalue weighted by Gasteiger charge is 2.16. The lowest BCUT2D eigenvalue weighted by molar-refractivity contribution is -0.908. The number of hydrogen-bond acceptors (Lipinski definition) is 3. The average molecular weight is 404 g/mol. The van der Waals surface area contributed by atoms with Gasteiger partial charge in [0, 0.05) is 37.6 Å². The Bertz CT molecular complexity index is 768. The Morgan fingerprint density at radius 2 is 2.00 bits per heavy atom. The van der Waals surface area contributed by atoms with Crippen LogP contribution in [0, 0.1) is 12.7 Å². The van der Waals surface area contributed by atoms with Crippen molar-refractivity contribution < 1.29 is 14.0 Å². The van der Waals surface area contributed by atoms with E-state index in [1.165, 1.54) is 6.07 Å². The number of hydrogen-bond donors (Lipinski definition) is 2. The lowest BCUT2D eigenvalue weighted by Crippen LogP contribution is -3.14. The number of aryl methyl sites for hydroxylation is 1. The number of nitrogens with zero attached hydrogens (tertiary/aromatic N) is 2. The van der Waals surface area contributed by atoms with Crippen LogP contribution < -0.4 is 10.2 Å². The fourth-order valence-corrected chi connectivity index (χ4v) is 3.54. The topological polar surface area (TPSA) is 41.8 Å². The zero-order valence-electron chi connectivity index (χ0n) is 16.3. The predicted molar refractivity (Wildman–Crippen MR) is 113 cm³/mol. The number of quaternary nitrogens is 1. The SMILES string of the molecule is Cc1ccc(NC(=S)N(CCC[NH+]2CCOCC2)Cc2ccncc2)cc1F. The van der Waals surface area contributed by atoms with Gasteiger partial charge in [-0.25, -0.2) is 4.39 Å². The molecule has 0 radical (unpaired) electrons. The first kappa shape index (κ1) is 20.6. The summed E-state index contributed by atoms with van der Waals surface area (Å²) in [6, 6.07) is 9.09. The van der Waals surface area contributed by atoms with Crippen LogP contribution in [0.25, 0.3) is 0 Å². The first-order valence-corrected chi connectivity index (χ1v) is 10.1. The van der Waals surface area contributed by atoms with Gasteiger partial charge in [0.25, 0.3) is 0 Å². The van der Waals surface area contributed by atoms with Gasteiger partial charge in [-0.15, -0.1) is 0 Å². The third-order valence-electron chi connectivity index (χ3n) is 4.99. The van der Waals surface area contributed by atoms with Crippen LogP contribution in [0.1, 0.15) is 17.5 Å². The predicted octanol–water partition coefficient (Wildman–Crippen LogP) is 2.03. The molecule has 0 atom stereocenters. The van der Waals surface area contributed by atoms with Crippen molar-refractivity contribution in [3.05, 3.63) is 59.7 Å². The van der Waals surface area contributed by atoms with Crippen molar-refractivity contribution in [3.63, 3.8) is 0 Å². The number of aromatic nitrogens is 1. The van der Waals surface area contributed by atoms with Crippen molar-refractivity contribution in [1.82, 2.24) is 9.88 Å². The van der Waals surface area contributed by atoms with E-state index in [4.69, 9.17) is 17.0 Å². The first-order valence-electron chi connectivity index (χ1n) is 9.74. The third-order valence-corrected chi connectivity index (χ3v) is 5.35. The van der Waals surface area contributed by atoms with E-state index in [-0.39, 0.29) is 5.82 Å². The molecule has 2 N–H and O–H groups in total. The van der Waals surface area contributed by atoms with Gasteiger partial charge in [-0.1, -0.05) is 6.07 Å². The summed E-state index contributed by atoms with van der Waals surface area (Å²) < 4.78 is 19.3. The summed E-state index contributed by atoms with van der Waals surface area (Å²) in [5.74, 6) is -0.232. The molecule has 3 rings (SSSR count). The van der Waals surface area contributed by atoms with Crippen LogP contribution in [-0.2, 0) is 11.3 Å². The average Bonchev–Trinajstić information content (AvgIpc) is 2.71. The second-order valence-corrected chi connectivity index (χ2v) is 7.52. The molecule has 0 saturated carbocycles. The monoisotopic (exact) mass is 403 g/mol. The van der Waals surface area contributed by atoms with Gasteiger partial charge >= 0.3 is 0 Å². The standard InChI is InChI=1S/C21H27FN4OS/c1-17-3-4-19(15-20(17)22)24-21(28)26(16-18-5-7-23-8-6-18)10-2-9-25-11-13-27-14-12-25/h3-8,15H,2,9-14,16H2,1H3,(H,24,28)/p+1. The summed E-state index contributed by atoms with van der Waals surface area (Å²) in [6.07, 6.45) is 4.61. The molecule has 1 aliphatic rings. The van der Waals surface area contributed by atoms with Crippen LogP contribution in [0.5, 0.6) is 0 Å². The van der Waals surface area contributed by atoms with E-state index in [1.54, 1.807) is 30.3 Å². The van der Waals surface area contributed by atoms with E-state index in [1.807, 2.05) is 18.2 Å². The minimum absolute atomic E-state index is 0.232. The molecule has 28 heavy (non-hydrogen) atoms. The molecule has 0 unspecified atom stereocenters. The van der Waals surface area contributed by atoms with E-state index < -0.39 is 0 Å². The van der Waals surface area contributed by atoms with Gasteiger partial charge in [0.15, 0.2) is 5.11 Å². The van der Waals surface area contributed by atoms with Crippen molar-refractivity contribution >= 4 is 23.0 Å². The molecule has 0 spiro atoms. The molecule has 1 aromatic carbocycles. The molecule has 1 fully saturated rings. The number of benzene rings is 1. The molecule has 0 amide bonds. The second kappa shape index (κ2) is 10.5. The van der Waals surface area contributed by atoms with E-state index in [0.717, 1.165) is 51.4 Å². The van der Waals surface area contributed by atoms with Crippen molar-refractivity contribution in [2.75, 3.05) is 44.7 Å². The molecule has 2 aromatic rings. The second-order valence-electron chi connectivity index (χ2n) is 7.14. The smallest absolute Gasteiger partial charge is 0.173 e. The largest absolute Gasteiger partial charge is 0.370 e. The van der Waals surface area contributed by atoms with Crippen molar-refractivity contribution in [3.8, 4) is 0 Å². The third kappa shape index (κ3) is 6.22. The maximum atomic E-state index is 13.9. The lowest BCUT2D eigenvalue weighted by atomic mass is 10.2. The first-order chi connectivity index (χ1) is 13.6. The highest BCUT2D eigenvalue weighted by Crippen LogP contribution is 2.15. The fraction of sp³-hybridized carbons (Fsp3) is 0.429. The van der Waals surface area contributed by atoms with Crippen LogP contribution in [0.2, 0.25) is 0 Å². The summed E-state index contributed by atoms with van der Waals surface area (Å²) in [7, 11) is 0. The quantitative estimate of drug-likeness (QED) is 0.693. The summed E-state index contributed by atoms with van der Waals surface area (Å²) in [4.78, 5) is 7.80. The summed E-state index contributed by atoms with van der Waals surface area (Å²) in [6.45, 7) is 8.20. The lowest BCUT2D eigenvalue weighted by Gasteiger charge is -2.28. The van der Waals surface area contributed by atoms with E-state index in [9.17, 15) is 4.39 Å². The number of rotatable bonds is 7. The number of thiocarbonyl (C=S) groups is 1. The van der Waals surface area contributed by atoms with E-state index >= 15 is 0 Å². The molecule has 0 aliphatic carbocycles. The van der Waals surface area contributed by atoms with Crippen LogP contribution in [0.15, 0.2) is 42.7 Å². The Balaban J connectivity index is 1.61. The van der Waals surface area contributed by atoms with Gasteiger partial charge in [0.05, 0.1) is 19.8 Å². The Morgan fingerprint density at radius 1 is 1.25 bits per heavy atom. The molecule has 1 saturated heterocycles. The zero-order chi connectivity index (χ0) is 19.8.